The Morgan fingerprint density at radius 1 is 1.16 bits per heavy atom. The molecule has 0 fully saturated rings. The third kappa shape index (κ3) is 4.84. The molecule has 0 aliphatic heterocycles. The monoisotopic (exact) mass is 436 g/mol. The number of thiophene rings is 1. The number of halogens is 1. The van der Waals surface area contributed by atoms with E-state index in [1.54, 1.807) is 12.1 Å². The van der Waals surface area contributed by atoms with Crippen LogP contribution in [0.2, 0.25) is 0 Å². The molecule has 1 atom stereocenters. The van der Waals surface area contributed by atoms with E-state index >= 15 is 0 Å². The Balaban J connectivity index is 1.58. The molecule has 0 spiro atoms. The van der Waals surface area contributed by atoms with Gasteiger partial charge < -0.3 is 10.2 Å². The predicted molar refractivity (Wildman–Crippen MR) is 123 cm³/mol. The number of aryl methyl sites for hydroxylation is 1. The zero-order valence-corrected chi connectivity index (χ0v) is 18.6. The highest BCUT2D eigenvalue weighted by Crippen LogP contribution is 2.29. The van der Waals surface area contributed by atoms with Crippen molar-refractivity contribution in [3.05, 3.63) is 88.2 Å². The number of nitrogens with one attached hydrogen (secondary N) is 1. The van der Waals surface area contributed by atoms with Crippen molar-refractivity contribution in [2.75, 3.05) is 20.6 Å². The van der Waals surface area contributed by atoms with Gasteiger partial charge in [-0.1, -0.05) is 42.5 Å². The molecule has 0 aliphatic rings. The highest BCUT2D eigenvalue weighted by molar-refractivity contribution is 7.20. The lowest BCUT2D eigenvalue weighted by molar-refractivity contribution is 0.0934. The number of rotatable bonds is 7. The smallest absolute Gasteiger partial charge is 0.261 e. The quantitative estimate of drug-likeness (QED) is 0.460. The first-order valence-corrected chi connectivity index (χ1v) is 10.9. The molecule has 0 bridgehead atoms. The minimum Gasteiger partial charge on any atom is -0.343 e. The largest absolute Gasteiger partial charge is 0.343 e. The third-order valence-electron chi connectivity index (χ3n) is 5.13. The van der Waals surface area contributed by atoms with Gasteiger partial charge in [-0.2, -0.15) is 5.10 Å². The van der Waals surface area contributed by atoms with Crippen LogP contribution in [0.1, 0.15) is 32.5 Å². The van der Waals surface area contributed by atoms with E-state index in [0.717, 1.165) is 27.0 Å². The standard InChI is InChI=1S/C24H25FN4OS/c1-16-20-13-22(23(30)26-21(15-28(2)3)18-7-5-4-6-8-18)31-24(20)29(27-16)14-17-9-11-19(25)12-10-17/h4-13,21H,14-15H2,1-3H3,(H,26,30)/t21-/m1/s1. The summed E-state index contributed by atoms with van der Waals surface area (Å²) in [6, 6.07) is 18.2. The molecule has 1 N–H and O–H groups in total. The summed E-state index contributed by atoms with van der Waals surface area (Å²) in [4.78, 5) is 16.8. The summed E-state index contributed by atoms with van der Waals surface area (Å²) in [6.07, 6.45) is 0. The average molecular weight is 437 g/mol. The van der Waals surface area contributed by atoms with Gasteiger partial charge in [-0.3, -0.25) is 9.48 Å². The predicted octanol–water partition coefficient (Wildman–Crippen LogP) is 4.63. The highest BCUT2D eigenvalue weighted by atomic mass is 32.1. The molecule has 4 rings (SSSR count). The topological polar surface area (TPSA) is 50.2 Å². The summed E-state index contributed by atoms with van der Waals surface area (Å²) in [5.41, 5.74) is 2.91. The summed E-state index contributed by atoms with van der Waals surface area (Å²) in [5, 5.41) is 8.77. The van der Waals surface area contributed by atoms with Gasteiger partial charge in [-0.05, 0) is 50.3 Å². The third-order valence-corrected chi connectivity index (χ3v) is 6.28. The SMILES string of the molecule is Cc1nn(Cc2ccc(F)cc2)c2sc(C(=O)N[C@H](CN(C)C)c3ccccc3)cc12. The number of nitrogens with zero attached hydrogens (tertiary/aromatic N) is 3. The molecule has 7 heteroatoms. The van der Waals surface area contributed by atoms with Crippen LogP contribution in [0.4, 0.5) is 4.39 Å². The van der Waals surface area contributed by atoms with Crippen molar-refractivity contribution >= 4 is 27.5 Å². The van der Waals surface area contributed by atoms with E-state index < -0.39 is 0 Å². The maximum Gasteiger partial charge on any atom is 0.261 e. The summed E-state index contributed by atoms with van der Waals surface area (Å²) in [6.45, 7) is 3.17. The number of likely N-dealkylation sites (N-methyl/N-ethyl adjacent to an activating group) is 1. The first-order chi connectivity index (χ1) is 14.9. The van der Waals surface area contributed by atoms with E-state index in [-0.39, 0.29) is 17.8 Å². The van der Waals surface area contributed by atoms with Crippen molar-refractivity contribution in [1.29, 1.82) is 0 Å². The zero-order valence-electron chi connectivity index (χ0n) is 17.8. The molecule has 4 aromatic rings. The first-order valence-electron chi connectivity index (χ1n) is 10.1. The van der Waals surface area contributed by atoms with Crippen LogP contribution < -0.4 is 5.32 Å². The second-order valence-corrected chi connectivity index (χ2v) is 8.93. The Bertz CT molecular complexity index is 1180. The van der Waals surface area contributed by atoms with Crippen molar-refractivity contribution in [2.24, 2.45) is 0 Å². The van der Waals surface area contributed by atoms with Gasteiger partial charge in [0.25, 0.3) is 5.91 Å². The van der Waals surface area contributed by atoms with Crippen molar-refractivity contribution in [2.45, 2.75) is 19.5 Å². The van der Waals surface area contributed by atoms with Crippen LogP contribution in [-0.2, 0) is 6.54 Å². The van der Waals surface area contributed by atoms with Gasteiger partial charge in [-0.25, -0.2) is 4.39 Å². The Morgan fingerprint density at radius 3 is 2.55 bits per heavy atom. The molecule has 2 heterocycles. The molecular formula is C24H25FN4OS. The van der Waals surface area contributed by atoms with Crippen LogP contribution in [0.15, 0.2) is 60.7 Å². The number of carbonyl (C=O) groups is 1. The maximum atomic E-state index is 13.2. The number of aromatic nitrogens is 2. The summed E-state index contributed by atoms with van der Waals surface area (Å²) >= 11 is 1.43. The van der Waals surface area contributed by atoms with Crippen molar-refractivity contribution in [3.63, 3.8) is 0 Å². The van der Waals surface area contributed by atoms with E-state index in [4.69, 9.17) is 0 Å². The van der Waals surface area contributed by atoms with Gasteiger partial charge >= 0.3 is 0 Å². The molecule has 160 valence electrons. The Kier molecular flexibility index (Phi) is 6.15. The van der Waals surface area contributed by atoms with E-state index in [2.05, 4.69) is 15.3 Å². The second-order valence-electron chi connectivity index (χ2n) is 7.90. The normalized spacial score (nSPS) is 12.4. The van der Waals surface area contributed by atoms with Gasteiger partial charge in [0.2, 0.25) is 0 Å². The van der Waals surface area contributed by atoms with Gasteiger partial charge in [0.05, 0.1) is 23.2 Å². The summed E-state index contributed by atoms with van der Waals surface area (Å²) < 4.78 is 15.1. The molecule has 2 aromatic heterocycles. The van der Waals surface area contributed by atoms with E-state index in [1.165, 1.54) is 23.5 Å². The lowest BCUT2D eigenvalue weighted by atomic mass is 10.1. The van der Waals surface area contributed by atoms with Crippen LogP contribution in [0, 0.1) is 12.7 Å². The second kappa shape index (κ2) is 8.99. The van der Waals surface area contributed by atoms with Gasteiger partial charge in [0, 0.05) is 11.9 Å². The van der Waals surface area contributed by atoms with Crippen LogP contribution >= 0.6 is 11.3 Å². The molecule has 5 nitrogen and oxygen atoms in total. The Morgan fingerprint density at radius 2 is 1.87 bits per heavy atom. The molecule has 0 unspecified atom stereocenters. The lowest BCUT2D eigenvalue weighted by Crippen LogP contribution is -2.34. The Labute approximate surface area is 185 Å². The molecule has 0 radical (unpaired) electrons. The van der Waals surface area contributed by atoms with E-state index in [1.807, 2.05) is 62.1 Å². The van der Waals surface area contributed by atoms with Crippen LogP contribution in [0.25, 0.3) is 10.2 Å². The molecule has 1 amide bonds. The molecule has 0 saturated heterocycles. The minimum atomic E-state index is -0.258. The Hall–Kier alpha value is -3.03. The van der Waals surface area contributed by atoms with E-state index in [0.29, 0.717) is 18.0 Å². The van der Waals surface area contributed by atoms with Gasteiger partial charge in [0.1, 0.15) is 10.6 Å². The maximum absolute atomic E-state index is 13.2. The van der Waals surface area contributed by atoms with Crippen molar-refractivity contribution in [1.82, 2.24) is 20.0 Å². The number of fused-ring (bicyclic) bond motifs is 1. The summed E-state index contributed by atoms with van der Waals surface area (Å²) in [5.74, 6) is -0.351. The summed E-state index contributed by atoms with van der Waals surface area (Å²) in [7, 11) is 3.99. The fraction of sp³-hybridized carbons (Fsp3) is 0.250. The number of carbonyl (C=O) groups excluding carboxylic acids is 1. The van der Waals surface area contributed by atoms with Crippen molar-refractivity contribution in [3.8, 4) is 0 Å². The minimum absolute atomic E-state index is 0.0929. The first kappa shape index (κ1) is 21.2. The molecule has 0 aliphatic carbocycles. The van der Waals surface area contributed by atoms with Crippen molar-refractivity contribution < 1.29 is 9.18 Å². The number of hydrogen-bond donors (Lipinski definition) is 1. The van der Waals surface area contributed by atoms with Gasteiger partial charge in [-0.15, -0.1) is 11.3 Å². The highest BCUT2D eigenvalue weighted by Gasteiger charge is 2.20. The molecular weight excluding hydrogens is 411 g/mol. The van der Waals surface area contributed by atoms with Gasteiger partial charge in [0.15, 0.2) is 0 Å². The van der Waals surface area contributed by atoms with E-state index in [9.17, 15) is 9.18 Å². The number of benzene rings is 2. The van der Waals surface area contributed by atoms with Crippen LogP contribution in [0.5, 0.6) is 0 Å². The fourth-order valence-electron chi connectivity index (χ4n) is 3.61. The van der Waals surface area contributed by atoms with Crippen LogP contribution in [0.3, 0.4) is 0 Å². The number of hydrogen-bond acceptors (Lipinski definition) is 4. The molecule has 0 saturated carbocycles. The van der Waals surface area contributed by atoms with Crippen LogP contribution in [-0.4, -0.2) is 41.2 Å². The molecule has 2 aromatic carbocycles. The average Bonchev–Trinajstić information content (AvgIpc) is 3.31. The fourth-order valence-corrected chi connectivity index (χ4v) is 4.67. The lowest BCUT2D eigenvalue weighted by Gasteiger charge is -2.22. The zero-order chi connectivity index (χ0) is 22.0. The molecule has 31 heavy (non-hydrogen) atoms. The number of amides is 1.